The van der Waals surface area contributed by atoms with Crippen LogP contribution >= 0.6 is 0 Å². The van der Waals surface area contributed by atoms with Crippen molar-refractivity contribution in [3.8, 4) is 11.8 Å². The highest BCUT2D eigenvalue weighted by molar-refractivity contribution is 5.66. The fourth-order valence-electron chi connectivity index (χ4n) is 0.534. The minimum atomic E-state index is -0.370. The van der Waals surface area contributed by atoms with Crippen molar-refractivity contribution in [2.45, 2.75) is 20.3 Å². The second-order valence-corrected chi connectivity index (χ2v) is 1.82. The average molecular weight is 155 g/mol. The smallest absolute Gasteiger partial charge is 0.407 e. The largest absolute Gasteiger partial charge is 0.450 e. The number of rotatable bonds is 3. The van der Waals surface area contributed by atoms with Gasteiger partial charge in [-0.05, 0) is 13.8 Å². The van der Waals surface area contributed by atoms with E-state index in [0.29, 0.717) is 19.6 Å². The van der Waals surface area contributed by atoms with E-state index in [1.165, 1.54) is 0 Å². The number of carbonyl (C=O) groups excluding carboxylic acids is 1. The zero-order valence-corrected chi connectivity index (χ0v) is 6.94. The molecule has 0 spiro atoms. The maximum absolute atomic E-state index is 10.6. The first-order valence-corrected chi connectivity index (χ1v) is 3.61. The molecule has 1 N–H and O–H groups in total. The van der Waals surface area contributed by atoms with E-state index in [9.17, 15) is 4.79 Å². The minimum absolute atomic E-state index is 0.370. The first kappa shape index (κ1) is 9.83. The van der Waals surface area contributed by atoms with Gasteiger partial charge in [0.2, 0.25) is 0 Å². The van der Waals surface area contributed by atoms with Gasteiger partial charge in [-0.25, -0.2) is 4.79 Å². The van der Waals surface area contributed by atoms with Crippen LogP contribution in [-0.4, -0.2) is 19.2 Å². The summed E-state index contributed by atoms with van der Waals surface area (Å²) in [6, 6.07) is 0. The third-order valence-electron chi connectivity index (χ3n) is 0.972. The van der Waals surface area contributed by atoms with E-state index >= 15 is 0 Å². The van der Waals surface area contributed by atoms with Crippen molar-refractivity contribution in [2.75, 3.05) is 13.2 Å². The van der Waals surface area contributed by atoms with E-state index in [0.717, 1.165) is 0 Å². The SMILES string of the molecule is CC#CCCNC(=O)OCC. The summed E-state index contributed by atoms with van der Waals surface area (Å²) in [5.41, 5.74) is 0. The summed E-state index contributed by atoms with van der Waals surface area (Å²) in [6.45, 7) is 4.50. The lowest BCUT2D eigenvalue weighted by atomic mass is 10.4. The Morgan fingerprint density at radius 1 is 1.64 bits per heavy atom. The van der Waals surface area contributed by atoms with Crippen LogP contribution in [0.4, 0.5) is 4.79 Å². The van der Waals surface area contributed by atoms with E-state index in [2.05, 4.69) is 21.9 Å². The molecule has 0 saturated heterocycles. The summed E-state index contributed by atoms with van der Waals surface area (Å²) in [7, 11) is 0. The van der Waals surface area contributed by atoms with Crippen molar-refractivity contribution in [3.63, 3.8) is 0 Å². The van der Waals surface area contributed by atoms with E-state index in [-0.39, 0.29) is 6.09 Å². The van der Waals surface area contributed by atoms with Gasteiger partial charge in [0.05, 0.1) is 6.61 Å². The van der Waals surface area contributed by atoms with Crippen LogP contribution in [0.3, 0.4) is 0 Å². The van der Waals surface area contributed by atoms with Crippen LogP contribution in [0.5, 0.6) is 0 Å². The van der Waals surface area contributed by atoms with Gasteiger partial charge < -0.3 is 10.1 Å². The molecular weight excluding hydrogens is 142 g/mol. The Hall–Kier alpha value is -1.17. The fourth-order valence-corrected chi connectivity index (χ4v) is 0.534. The predicted octanol–water partition coefficient (Wildman–Crippen LogP) is 1.15. The summed E-state index contributed by atoms with van der Waals surface area (Å²) in [5, 5.41) is 2.55. The van der Waals surface area contributed by atoms with Crippen molar-refractivity contribution in [3.05, 3.63) is 0 Å². The molecule has 3 heteroatoms. The second-order valence-electron chi connectivity index (χ2n) is 1.82. The number of nitrogens with one attached hydrogen (secondary N) is 1. The Kier molecular flexibility index (Phi) is 6.20. The second kappa shape index (κ2) is 6.94. The highest BCUT2D eigenvalue weighted by Gasteiger charge is 1.95. The van der Waals surface area contributed by atoms with Gasteiger partial charge in [-0.15, -0.1) is 11.8 Å². The van der Waals surface area contributed by atoms with Crippen LogP contribution in [0.15, 0.2) is 0 Å². The van der Waals surface area contributed by atoms with Gasteiger partial charge in [0.15, 0.2) is 0 Å². The van der Waals surface area contributed by atoms with Crippen molar-refractivity contribution in [2.24, 2.45) is 0 Å². The monoisotopic (exact) mass is 155 g/mol. The van der Waals surface area contributed by atoms with Crippen LogP contribution < -0.4 is 5.32 Å². The molecule has 0 saturated carbocycles. The molecule has 0 atom stereocenters. The van der Waals surface area contributed by atoms with Gasteiger partial charge in [0, 0.05) is 13.0 Å². The average Bonchev–Trinajstić information content (AvgIpc) is 1.99. The molecule has 0 aromatic carbocycles. The van der Waals surface area contributed by atoms with Crippen molar-refractivity contribution in [1.29, 1.82) is 0 Å². The summed E-state index contributed by atoms with van der Waals surface area (Å²) < 4.78 is 4.62. The van der Waals surface area contributed by atoms with Gasteiger partial charge in [0.1, 0.15) is 0 Å². The zero-order valence-electron chi connectivity index (χ0n) is 6.94. The molecule has 11 heavy (non-hydrogen) atoms. The Labute approximate surface area is 67.1 Å². The minimum Gasteiger partial charge on any atom is -0.450 e. The van der Waals surface area contributed by atoms with Crippen molar-refractivity contribution >= 4 is 6.09 Å². The number of ether oxygens (including phenoxy) is 1. The van der Waals surface area contributed by atoms with Crippen molar-refractivity contribution in [1.82, 2.24) is 5.32 Å². The molecule has 1 amide bonds. The Balaban J connectivity index is 3.22. The topological polar surface area (TPSA) is 38.3 Å². The summed E-state index contributed by atoms with van der Waals surface area (Å²) in [5.74, 6) is 5.56. The summed E-state index contributed by atoms with van der Waals surface area (Å²) in [4.78, 5) is 10.6. The standard InChI is InChI=1S/C8H13NO2/c1-3-5-6-7-9-8(10)11-4-2/h4,6-7H2,1-2H3,(H,9,10). The Morgan fingerprint density at radius 2 is 2.36 bits per heavy atom. The zero-order chi connectivity index (χ0) is 8.53. The van der Waals surface area contributed by atoms with Gasteiger partial charge >= 0.3 is 6.09 Å². The molecular formula is C8H13NO2. The first-order chi connectivity index (χ1) is 5.31. The molecule has 0 aliphatic rings. The molecule has 0 aliphatic carbocycles. The molecule has 0 aromatic rings. The number of hydrogen-bond acceptors (Lipinski definition) is 2. The Morgan fingerprint density at radius 3 is 2.91 bits per heavy atom. The van der Waals surface area contributed by atoms with Gasteiger partial charge in [-0.3, -0.25) is 0 Å². The summed E-state index contributed by atoms with van der Waals surface area (Å²) in [6.07, 6.45) is 0.306. The first-order valence-electron chi connectivity index (χ1n) is 3.61. The van der Waals surface area contributed by atoms with E-state index in [4.69, 9.17) is 0 Å². The lowest BCUT2D eigenvalue weighted by Crippen LogP contribution is -2.24. The number of carbonyl (C=O) groups is 1. The maximum Gasteiger partial charge on any atom is 0.407 e. The summed E-state index contributed by atoms with van der Waals surface area (Å²) >= 11 is 0. The molecule has 62 valence electrons. The molecule has 0 heterocycles. The molecule has 0 radical (unpaired) electrons. The van der Waals surface area contributed by atoms with Gasteiger partial charge in [0.25, 0.3) is 0 Å². The van der Waals surface area contributed by atoms with Gasteiger partial charge in [-0.2, -0.15) is 0 Å². The lowest BCUT2D eigenvalue weighted by Gasteiger charge is -2.01. The normalized spacial score (nSPS) is 7.82. The van der Waals surface area contributed by atoms with Crippen molar-refractivity contribution < 1.29 is 9.53 Å². The highest BCUT2D eigenvalue weighted by Crippen LogP contribution is 1.77. The van der Waals surface area contributed by atoms with E-state index in [1.54, 1.807) is 13.8 Å². The molecule has 0 bridgehead atoms. The third kappa shape index (κ3) is 6.72. The van der Waals surface area contributed by atoms with E-state index < -0.39 is 0 Å². The van der Waals surface area contributed by atoms with Gasteiger partial charge in [-0.1, -0.05) is 0 Å². The van der Waals surface area contributed by atoms with E-state index in [1.807, 2.05) is 0 Å². The molecule has 0 fully saturated rings. The molecule has 0 rings (SSSR count). The number of amides is 1. The fraction of sp³-hybridized carbons (Fsp3) is 0.625. The lowest BCUT2D eigenvalue weighted by molar-refractivity contribution is 0.152. The van der Waals surface area contributed by atoms with Crippen LogP contribution in [-0.2, 0) is 4.74 Å². The quantitative estimate of drug-likeness (QED) is 0.490. The molecule has 0 aromatic heterocycles. The molecule has 3 nitrogen and oxygen atoms in total. The van der Waals surface area contributed by atoms with Crippen LogP contribution in [0.25, 0.3) is 0 Å². The van der Waals surface area contributed by atoms with Crippen LogP contribution in [0, 0.1) is 11.8 Å². The van der Waals surface area contributed by atoms with Crippen LogP contribution in [0.1, 0.15) is 20.3 Å². The third-order valence-corrected chi connectivity index (χ3v) is 0.972. The highest BCUT2D eigenvalue weighted by atomic mass is 16.5. The van der Waals surface area contributed by atoms with Crippen LogP contribution in [0.2, 0.25) is 0 Å². The Bertz CT molecular complexity index is 167. The maximum atomic E-state index is 10.6. The predicted molar refractivity (Wildman–Crippen MR) is 43.1 cm³/mol. The molecule has 0 unspecified atom stereocenters. The number of alkyl carbamates (subject to hydrolysis) is 1. The molecule has 0 aliphatic heterocycles. The number of hydrogen-bond donors (Lipinski definition) is 1.